The van der Waals surface area contributed by atoms with Crippen LogP contribution in [0.3, 0.4) is 0 Å². The number of aromatic nitrogens is 3. The molecule has 0 aliphatic carbocycles. The minimum atomic E-state index is -0.289. The molecule has 0 spiro atoms. The molecule has 5 nitrogen and oxygen atoms in total. The van der Waals surface area contributed by atoms with Crippen LogP contribution >= 0.6 is 0 Å². The molecule has 0 aliphatic rings. The van der Waals surface area contributed by atoms with Crippen molar-refractivity contribution >= 4 is 5.91 Å². The van der Waals surface area contributed by atoms with Gasteiger partial charge >= 0.3 is 0 Å². The van der Waals surface area contributed by atoms with Gasteiger partial charge in [0.05, 0.1) is 0 Å². The minimum absolute atomic E-state index is 0.276. The van der Waals surface area contributed by atoms with E-state index >= 15 is 0 Å². The number of hydrogen-bond acceptors (Lipinski definition) is 3. The van der Waals surface area contributed by atoms with E-state index in [1.54, 1.807) is 14.0 Å². The molecular formula is C7H10N4O. The maximum Gasteiger partial charge on any atom is 0.293 e. The molecule has 0 unspecified atom stereocenters. The van der Waals surface area contributed by atoms with Gasteiger partial charge in [-0.05, 0) is 6.92 Å². The summed E-state index contributed by atoms with van der Waals surface area (Å²) in [6, 6.07) is 0. The van der Waals surface area contributed by atoms with Crippen LogP contribution in [0, 0.1) is 0 Å². The first-order valence-corrected chi connectivity index (χ1v) is 3.42. The van der Waals surface area contributed by atoms with Crippen molar-refractivity contribution in [1.29, 1.82) is 0 Å². The number of nitrogens with zero attached hydrogens (tertiary/aromatic N) is 3. The third-order valence-electron chi connectivity index (χ3n) is 1.24. The highest BCUT2D eigenvalue weighted by Crippen LogP contribution is 1.92. The van der Waals surface area contributed by atoms with E-state index in [0.717, 1.165) is 0 Å². The van der Waals surface area contributed by atoms with E-state index in [2.05, 4.69) is 22.1 Å². The quantitative estimate of drug-likeness (QED) is 0.676. The van der Waals surface area contributed by atoms with E-state index in [1.165, 1.54) is 10.9 Å². The average Bonchev–Trinajstić information content (AvgIpc) is 2.33. The summed E-state index contributed by atoms with van der Waals surface area (Å²) >= 11 is 0. The molecule has 0 saturated carbocycles. The van der Waals surface area contributed by atoms with E-state index in [-0.39, 0.29) is 11.7 Å². The Bertz CT molecular complexity index is 315. The third kappa shape index (κ3) is 1.69. The SMILES string of the molecule is C=C(C)NC(=O)c1nncn1C. The normalized spacial score (nSPS) is 9.50. The van der Waals surface area contributed by atoms with Crippen LogP contribution in [0.5, 0.6) is 0 Å². The Morgan fingerprint density at radius 3 is 2.83 bits per heavy atom. The first kappa shape index (κ1) is 8.45. The van der Waals surface area contributed by atoms with Gasteiger partial charge in [0.1, 0.15) is 6.33 Å². The molecule has 5 heteroatoms. The van der Waals surface area contributed by atoms with Crippen molar-refractivity contribution < 1.29 is 4.79 Å². The van der Waals surface area contributed by atoms with Crippen molar-refractivity contribution in [3.63, 3.8) is 0 Å². The predicted octanol–water partition coefficient (Wildman–Crippen LogP) is 0.0785. The van der Waals surface area contributed by atoms with Gasteiger partial charge in [0.15, 0.2) is 0 Å². The van der Waals surface area contributed by atoms with Gasteiger partial charge in [0, 0.05) is 12.7 Å². The van der Waals surface area contributed by atoms with Gasteiger partial charge < -0.3 is 9.88 Å². The fourth-order valence-corrected chi connectivity index (χ4v) is 0.738. The number of allylic oxidation sites excluding steroid dienone is 1. The van der Waals surface area contributed by atoms with Crippen molar-refractivity contribution in [2.24, 2.45) is 7.05 Å². The van der Waals surface area contributed by atoms with Crippen LogP contribution in [0.2, 0.25) is 0 Å². The Kier molecular flexibility index (Phi) is 2.23. The molecule has 0 aliphatic heterocycles. The van der Waals surface area contributed by atoms with E-state index in [0.29, 0.717) is 5.70 Å². The highest BCUT2D eigenvalue weighted by atomic mass is 16.2. The van der Waals surface area contributed by atoms with Crippen molar-refractivity contribution in [3.8, 4) is 0 Å². The lowest BCUT2D eigenvalue weighted by atomic mass is 10.5. The first-order chi connectivity index (χ1) is 5.61. The number of nitrogens with one attached hydrogen (secondary N) is 1. The lowest BCUT2D eigenvalue weighted by Gasteiger charge is -2.01. The summed E-state index contributed by atoms with van der Waals surface area (Å²) < 4.78 is 1.54. The van der Waals surface area contributed by atoms with Gasteiger partial charge in [-0.15, -0.1) is 10.2 Å². The highest BCUT2D eigenvalue weighted by molar-refractivity contribution is 5.91. The lowest BCUT2D eigenvalue weighted by Crippen LogP contribution is -2.23. The Balaban J connectivity index is 2.78. The summed E-state index contributed by atoms with van der Waals surface area (Å²) in [5.41, 5.74) is 0.586. The fourth-order valence-electron chi connectivity index (χ4n) is 0.738. The van der Waals surface area contributed by atoms with Gasteiger partial charge in [-0.3, -0.25) is 4.79 Å². The summed E-state index contributed by atoms with van der Waals surface area (Å²) in [5.74, 6) is -0.0134. The lowest BCUT2D eigenvalue weighted by molar-refractivity contribution is 0.0952. The number of carbonyl (C=O) groups excluding carboxylic acids is 1. The summed E-state index contributed by atoms with van der Waals surface area (Å²) in [7, 11) is 1.70. The van der Waals surface area contributed by atoms with Crippen LogP contribution in [-0.2, 0) is 7.05 Å². The molecule has 1 aromatic heterocycles. The average molecular weight is 166 g/mol. The van der Waals surface area contributed by atoms with Crippen LogP contribution in [0.4, 0.5) is 0 Å². The molecule has 0 atom stereocenters. The molecule has 64 valence electrons. The molecule has 1 rings (SSSR count). The van der Waals surface area contributed by atoms with Crippen molar-refractivity contribution in [3.05, 3.63) is 24.4 Å². The highest BCUT2D eigenvalue weighted by Gasteiger charge is 2.10. The van der Waals surface area contributed by atoms with Crippen LogP contribution in [-0.4, -0.2) is 20.7 Å². The van der Waals surface area contributed by atoms with E-state index in [4.69, 9.17) is 0 Å². The summed E-state index contributed by atoms with van der Waals surface area (Å²) in [4.78, 5) is 11.2. The molecule has 1 aromatic rings. The molecule has 1 N–H and O–H groups in total. The summed E-state index contributed by atoms with van der Waals surface area (Å²) in [5, 5.41) is 9.73. The van der Waals surface area contributed by atoms with Gasteiger partial charge in [-0.25, -0.2) is 0 Å². The molecule has 0 bridgehead atoms. The zero-order chi connectivity index (χ0) is 9.14. The number of aryl methyl sites for hydroxylation is 1. The second-order valence-corrected chi connectivity index (χ2v) is 2.50. The van der Waals surface area contributed by atoms with E-state index in [1.807, 2.05) is 0 Å². The van der Waals surface area contributed by atoms with E-state index < -0.39 is 0 Å². The number of carbonyl (C=O) groups is 1. The molecule has 1 amide bonds. The Morgan fingerprint density at radius 1 is 1.75 bits per heavy atom. The molecular weight excluding hydrogens is 156 g/mol. The standard InChI is InChI=1S/C7H10N4O/c1-5(2)9-7(12)6-10-8-4-11(6)3/h4H,1H2,2-3H3,(H,9,12). The molecule has 12 heavy (non-hydrogen) atoms. The molecule has 1 heterocycles. The number of rotatable bonds is 2. The molecule has 0 fully saturated rings. The van der Waals surface area contributed by atoms with Gasteiger partial charge in [-0.2, -0.15) is 0 Å². The zero-order valence-corrected chi connectivity index (χ0v) is 7.03. The van der Waals surface area contributed by atoms with Crippen molar-refractivity contribution in [1.82, 2.24) is 20.1 Å². The van der Waals surface area contributed by atoms with Crippen molar-refractivity contribution in [2.75, 3.05) is 0 Å². The van der Waals surface area contributed by atoms with Crippen LogP contribution in [0.15, 0.2) is 18.6 Å². The number of amides is 1. The maximum absolute atomic E-state index is 11.2. The van der Waals surface area contributed by atoms with Gasteiger partial charge in [0.2, 0.25) is 5.82 Å². The van der Waals surface area contributed by atoms with Gasteiger partial charge in [0.25, 0.3) is 5.91 Å². The van der Waals surface area contributed by atoms with Crippen molar-refractivity contribution in [2.45, 2.75) is 6.92 Å². The predicted molar refractivity (Wildman–Crippen MR) is 43.3 cm³/mol. The van der Waals surface area contributed by atoms with Gasteiger partial charge in [-0.1, -0.05) is 6.58 Å². The monoisotopic (exact) mass is 166 g/mol. The fraction of sp³-hybridized carbons (Fsp3) is 0.286. The Morgan fingerprint density at radius 2 is 2.42 bits per heavy atom. The van der Waals surface area contributed by atoms with Crippen LogP contribution in [0.1, 0.15) is 17.5 Å². The van der Waals surface area contributed by atoms with Crippen LogP contribution < -0.4 is 5.32 Å². The largest absolute Gasteiger partial charge is 0.324 e. The number of hydrogen-bond donors (Lipinski definition) is 1. The second kappa shape index (κ2) is 3.17. The Hall–Kier alpha value is -1.65. The molecule has 0 aromatic carbocycles. The smallest absolute Gasteiger partial charge is 0.293 e. The first-order valence-electron chi connectivity index (χ1n) is 3.42. The topological polar surface area (TPSA) is 59.8 Å². The summed E-state index contributed by atoms with van der Waals surface area (Å²) in [6.45, 7) is 5.25. The summed E-state index contributed by atoms with van der Waals surface area (Å²) in [6.07, 6.45) is 1.47. The van der Waals surface area contributed by atoms with E-state index in [9.17, 15) is 4.79 Å². The molecule has 0 saturated heterocycles. The zero-order valence-electron chi connectivity index (χ0n) is 7.03. The Labute approximate surface area is 70.1 Å². The van der Waals surface area contributed by atoms with Crippen LogP contribution in [0.25, 0.3) is 0 Å². The minimum Gasteiger partial charge on any atom is -0.324 e. The second-order valence-electron chi connectivity index (χ2n) is 2.50. The third-order valence-corrected chi connectivity index (χ3v) is 1.24. The molecule has 0 radical (unpaired) electrons. The maximum atomic E-state index is 11.2.